The van der Waals surface area contributed by atoms with E-state index in [4.69, 9.17) is 5.11 Å². The summed E-state index contributed by atoms with van der Waals surface area (Å²) in [4.78, 5) is 0. The Kier molecular flexibility index (Phi) is 4.23. The van der Waals surface area contributed by atoms with E-state index in [1.54, 1.807) is 0 Å². The first-order valence-corrected chi connectivity index (χ1v) is 3.41. The van der Waals surface area contributed by atoms with E-state index >= 15 is 0 Å². The average molecular weight is 170 g/mol. The van der Waals surface area contributed by atoms with E-state index in [-0.39, 0.29) is 20.1 Å². The minimum atomic E-state index is 0. The van der Waals surface area contributed by atoms with Gasteiger partial charge in [-0.05, 0) is 30.5 Å². The van der Waals surface area contributed by atoms with E-state index in [1.165, 1.54) is 11.1 Å². The van der Waals surface area contributed by atoms with Gasteiger partial charge in [0.05, 0.1) is 6.61 Å². The summed E-state index contributed by atoms with van der Waals surface area (Å²) >= 11 is 0. The van der Waals surface area contributed by atoms with Crippen LogP contribution in [0.3, 0.4) is 0 Å². The lowest BCUT2D eigenvalue weighted by Gasteiger charge is -2.03. The Morgan fingerprint density at radius 2 is 1.91 bits per heavy atom. The third kappa shape index (κ3) is 2.24. The van der Waals surface area contributed by atoms with Crippen molar-refractivity contribution in [1.29, 1.82) is 0 Å². The number of benzene rings is 1. The van der Waals surface area contributed by atoms with Crippen LogP contribution in [0.2, 0.25) is 0 Å². The molecular formula is C9H14OS. The summed E-state index contributed by atoms with van der Waals surface area (Å²) in [5.41, 5.74) is 3.47. The van der Waals surface area contributed by atoms with Crippen molar-refractivity contribution in [3.63, 3.8) is 0 Å². The predicted molar refractivity (Wildman–Crippen MR) is 52.2 cm³/mol. The highest BCUT2D eigenvalue weighted by Gasteiger charge is 1.96. The van der Waals surface area contributed by atoms with Crippen LogP contribution in [0.15, 0.2) is 18.2 Å². The van der Waals surface area contributed by atoms with Crippen molar-refractivity contribution in [2.75, 3.05) is 0 Å². The fourth-order valence-corrected chi connectivity index (χ4v) is 0.983. The summed E-state index contributed by atoms with van der Waals surface area (Å²) in [6.45, 7) is 4.23. The Bertz CT molecular complexity index is 233. The summed E-state index contributed by atoms with van der Waals surface area (Å²) in [5.74, 6) is 0. The molecule has 0 saturated carbocycles. The van der Waals surface area contributed by atoms with Crippen LogP contribution >= 0.6 is 13.5 Å². The van der Waals surface area contributed by atoms with Gasteiger partial charge >= 0.3 is 0 Å². The van der Waals surface area contributed by atoms with Gasteiger partial charge in [0.1, 0.15) is 0 Å². The van der Waals surface area contributed by atoms with E-state index in [9.17, 15) is 0 Å². The molecule has 2 heteroatoms. The number of hydrogen-bond donors (Lipinski definition) is 1. The Labute approximate surface area is 74.5 Å². The molecule has 1 aromatic carbocycles. The molecule has 62 valence electrons. The van der Waals surface area contributed by atoms with E-state index < -0.39 is 0 Å². The van der Waals surface area contributed by atoms with Crippen molar-refractivity contribution in [3.8, 4) is 0 Å². The van der Waals surface area contributed by atoms with Crippen LogP contribution in [-0.2, 0) is 6.61 Å². The molecule has 1 aromatic rings. The Morgan fingerprint density at radius 3 is 2.36 bits per heavy atom. The van der Waals surface area contributed by atoms with Crippen LogP contribution < -0.4 is 0 Å². The van der Waals surface area contributed by atoms with Gasteiger partial charge in [-0.15, -0.1) is 0 Å². The molecule has 1 N–H and O–H groups in total. The molecule has 1 rings (SSSR count). The van der Waals surface area contributed by atoms with Gasteiger partial charge in [0, 0.05) is 0 Å². The van der Waals surface area contributed by atoms with Gasteiger partial charge in [-0.25, -0.2) is 0 Å². The fraction of sp³-hybridized carbons (Fsp3) is 0.333. The minimum absolute atomic E-state index is 0. The first-order valence-electron chi connectivity index (χ1n) is 3.41. The SMILES string of the molecule is Cc1cccc(CO)c1C.S. The van der Waals surface area contributed by atoms with Crippen LogP contribution in [0.1, 0.15) is 16.7 Å². The summed E-state index contributed by atoms with van der Waals surface area (Å²) in [6, 6.07) is 5.96. The van der Waals surface area contributed by atoms with Crippen molar-refractivity contribution in [2.45, 2.75) is 20.5 Å². The molecule has 0 unspecified atom stereocenters. The van der Waals surface area contributed by atoms with Crippen molar-refractivity contribution < 1.29 is 5.11 Å². The first kappa shape index (κ1) is 10.5. The molecule has 0 aliphatic carbocycles. The third-order valence-corrected chi connectivity index (χ3v) is 1.89. The molecule has 0 bridgehead atoms. The zero-order chi connectivity index (χ0) is 7.56. The van der Waals surface area contributed by atoms with Gasteiger partial charge in [0.25, 0.3) is 0 Å². The highest BCUT2D eigenvalue weighted by molar-refractivity contribution is 7.59. The van der Waals surface area contributed by atoms with Crippen LogP contribution in [0.25, 0.3) is 0 Å². The van der Waals surface area contributed by atoms with Crippen molar-refractivity contribution in [1.82, 2.24) is 0 Å². The average Bonchev–Trinajstić information content (AvgIpc) is 1.95. The number of rotatable bonds is 1. The molecule has 0 atom stereocenters. The lowest BCUT2D eigenvalue weighted by Crippen LogP contribution is -1.90. The fourth-order valence-electron chi connectivity index (χ4n) is 0.983. The standard InChI is InChI=1S/C9H12O.H2S/c1-7-4-3-5-9(6-10)8(7)2;/h3-5,10H,6H2,1-2H3;1H2. The highest BCUT2D eigenvalue weighted by Crippen LogP contribution is 2.11. The maximum Gasteiger partial charge on any atom is 0.0684 e. The maximum absolute atomic E-state index is 8.84. The largest absolute Gasteiger partial charge is 0.392 e. The summed E-state index contributed by atoms with van der Waals surface area (Å²) < 4.78 is 0. The van der Waals surface area contributed by atoms with Crippen LogP contribution in [0.4, 0.5) is 0 Å². The second kappa shape index (κ2) is 4.42. The molecule has 11 heavy (non-hydrogen) atoms. The van der Waals surface area contributed by atoms with Gasteiger partial charge in [0.15, 0.2) is 0 Å². The van der Waals surface area contributed by atoms with Crippen molar-refractivity contribution in [2.24, 2.45) is 0 Å². The van der Waals surface area contributed by atoms with E-state index in [2.05, 4.69) is 13.0 Å². The van der Waals surface area contributed by atoms with Crippen LogP contribution in [0.5, 0.6) is 0 Å². The highest BCUT2D eigenvalue weighted by atomic mass is 32.1. The lowest BCUT2D eigenvalue weighted by molar-refractivity contribution is 0.281. The van der Waals surface area contributed by atoms with Gasteiger partial charge in [0.2, 0.25) is 0 Å². The third-order valence-electron chi connectivity index (χ3n) is 1.89. The lowest BCUT2D eigenvalue weighted by atomic mass is 10.0. The van der Waals surface area contributed by atoms with Gasteiger partial charge < -0.3 is 5.11 Å². The summed E-state index contributed by atoms with van der Waals surface area (Å²) in [5, 5.41) is 8.84. The summed E-state index contributed by atoms with van der Waals surface area (Å²) in [6.07, 6.45) is 0. The Balaban J connectivity index is 0.000001000. The Hall–Kier alpha value is -0.470. The molecule has 0 fully saturated rings. The molecule has 0 radical (unpaired) electrons. The monoisotopic (exact) mass is 170 g/mol. The molecule has 0 amide bonds. The van der Waals surface area contributed by atoms with E-state index in [0.29, 0.717) is 0 Å². The molecule has 0 aliphatic rings. The van der Waals surface area contributed by atoms with Crippen molar-refractivity contribution in [3.05, 3.63) is 34.9 Å². The number of aliphatic hydroxyl groups excluding tert-OH is 1. The number of aryl methyl sites for hydroxylation is 1. The number of hydrogen-bond acceptors (Lipinski definition) is 1. The second-order valence-corrected chi connectivity index (χ2v) is 2.52. The van der Waals surface area contributed by atoms with Crippen LogP contribution in [-0.4, -0.2) is 5.11 Å². The second-order valence-electron chi connectivity index (χ2n) is 2.52. The molecule has 1 nitrogen and oxygen atoms in total. The van der Waals surface area contributed by atoms with E-state index in [0.717, 1.165) is 5.56 Å². The Morgan fingerprint density at radius 1 is 1.27 bits per heavy atom. The number of aliphatic hydroxyl groups is 1. The summed E-state index contributed by atoms with van der Waals surface area (Å²) in [7, 11) is 0. The smallest absolute Gasteiger partial charge is 0.0684 e. The molecule has 0 spiro atoms. The van der Waals surface area contributed by atoms with E-state index in [1.807, 2.05) is 19.1 Å². The van der Waals surface area contributed by atoms with Gasteiger partial charge in [-0.1, -0.05) is 18.2 Å². The quantitative estimate of drug-likeness (QED) is 0.682. The normalized spacial score (nSPS) is 9.00. The first-order chi connectivity index (χ1) is 4.75. The topological polar surface area (TPSA) is 20.2 Å². The molecule has 0 aliphatic heterocycles. The minimum Gasteiger partial charge on any atom is -0.392 e. The van der Waals surface area contributed by atoms with Gasteiger partial charge in [-0.2, -0.15) is 13.5 Å². The molecule has 0 heterocycles. The van der Waals surface area contributed by atoms with Gasteiger partial charge in [-0.3, -0.25) is 0 Å². The van der Waals surface area contributed by atoms with Crippen LogP contribution in [0, 0.1) is 13.8 Å². The zero-order valence-electron chi connectivity index (χ0n) is 6.89. The molecular weight excluding hydrogens is 156 g/mol. The molecule has 0 aromatic heterocycles. The predicted octanol–water partition coefficient (Wildman–Crippen LogP) is 1.91. The zero-order valence-corrected chi connectivity index (χ0v) is 7.89. The maximum atomic E-state index is 8.84. The molecule has 0 saturated heterocycles. The van der Waals surface area contributed by atoms with Crippen molar-refractivity contribution >= 4 is 13.5 Å².